The molecule has 0 bridgehead atoms. The van der Waals surface area contributed by atoms with Crippen molar-refractivity contribution in [2.24, 2.45) is 0 Å². The van der Waals surface area contributed by atoms with Crippen LogP contribution < -0.4 is 15.4 Å². The Morgan fingerprint density at radius 1 is 1.19 bits per heavy atom. The van der Waals surface area contributed by atoms with E-state index in [-0.39, 0.29) is 11.8 Å². The Morgan fingerprint density at radius 2 is 1.81 bits per heavy atom. The normalized spacial score (nSPS) is 14.7. The van der Waals surface area contributed by atoms with Crippen LogP contribution in [0.2, 0.25) is 0 Å². The molecule has 0 spiro atoms. The van der Waals surface area contributed by atoms with Crippen LogP contribution in [0.15, 0.2) is 30.4 Å². The summed E-state index contributed by atoms with van der Waals surface area (Å²) in [6, 6.07) is 4.75. The predicted molar refractivity (Wildman–Crippen MR) is 59.0 cm³/mol. The van der Waals surface area contributed by atoms with Gasteiger partial charge < -0.3 is 10.5 Å². The number of methoxy groups -OCH3 is 1. The maximum atomic E-state index is 11.4. The van der Waals surface area contributed by atoms with E-state index in [2.05, 4.69) is 0 Å². The van der Waals surface area contributed by atoms with Gasteiger partial charge in [0.25, 0.3) is 11.8 Å². The van der Waals surface area contributed by atoms with Crippen molar-refractivity contribution in [1.29, 1.82) is 0 Å². The molecule has 0 atom stereocenters. The van der Waals surface area contributed by atoms with Gasteiger partial charge in [0.2, 0.25) is 0 Å². The molecule has 16 heavy (non-hydrogen) atoms. The lowest BCUT2D eigenvalue weighted by molar-refractivity contribution is -0.119. The second-order valence-electron chi connectivity index (χ2n) is 3.27. The number of benzene rings is 1. The van der Waals surface area contributed by atoms with E-state index in [9.17, 15) is 9.59 Å². The number of nitrogens with two attached hydrogens (primary N) is 1. The van der Waals surface area contributed by atoms with Gasteiger partial charge in [-0.25, -0.2) is 4.90 Å². The van der Waals surface area contributed by atoms with Crippen molar-refractivity contribution in [1.82, 2.24) is 0 Å². The quantitative estimate of drug-likeness (QED) is 0.586. The third-order valence-corrected chi connectivity index (χ3v) is 2.28. The fraction of sp³-hybridized carbons (Fsp3) is 0.0909. The number of amides is 2. The fourth-order valence-electron chi connectivity index (χ4n) is 1.52. The highest BCUT2D eigenvalue weighted by Crippen LogP contribution is 2.28. The molecule has 1 aromatic rings. The van der Waals surface area contributed by atoms with E-state index >= 15 is 0 Å². The summed E-state index contributed by atoms with van der Waals surface area (Å²) in [5.41, 5.74) is 6.52. The van der Waals surface area contributed by atoms with Crippen molar-refractivity contribution >= 4 is 23.2 Å². The molecule has 0 aliphatic carbocycles. The molecule has 1 aliphatic heterocycles. The highest BCUT2D eigenvalue weighted by Gasteiger charge is 2.25. The molecule has 1 heterocycles. The van der Waals surface area contributed by atoms with E-state index in [4.69, 9.17) is 10.5 Å². The number of ether oxygens (including phenoxy) is 1. The number of imide groups is 1. The number of nitrogens with zero attached hydrogens (tertiary/aromatic N) is 1. The lowest BCUT2D eigenvalue weighted by atomic mass is 10.2. The van der Waals surface area contributed by atoms with Gasteiger partial charge in [0.05, 0.1) is 18.5 Å². The van der Waals surface area contributed by atoms with E-state index in [1.807, 2.05) is 0 Å². The van der Waals surface area contributed by atoms with Gasteiger partial charge in [-0.3, -0.25) is 9.59 Å². The van der Waals surface area contributed by atoms with E-state index in [1.54, 1.807) is 12.1 Å². The summed E-state index contributed by atoms with van der Waals surface area (Å²) in [6.45, 7) is 0. The molecule has 0 unspecified atom stereocenters. The zero-order valence-electron chi connectivity index (χ0n) is 8.64. The number of hydrogen-bond acceptors (Lipinski definition) is 4. The molecule has 2 rings (SSSR count). The third-order valence-electron chi connectivity index (χ3n) is 2.28. The van der Waals surface area contributed by atoms with E-state index in [1.165, 1.54) is 25.3 Å². The van der Waals surface area contributed by atoms with Crippen LogP contribution in [0.3, 0.4) is 0 Å². The molecule has 2 amide bonds. The minimum atomic E-state index is -0.366. The summed E-state index contributed by atoms with van der Waals surface area (Å²) in [7, 11) is 1.50. The Morgan fingerprint density at radius 3 is 2.31 bits per heavy atom. The van der Waals surface area contributed by atoms with Crippen LogP contribution in [-0.2, 0) is 9.59 Å². The van der Waals surface area contributed by atoms with Gasteiger partial charge in [-0.15, -0.1) is 0 Å². The number of carbonyl (C=O) groups excluding carboxylic acids is 2. The molecule has 5 heteroatoms. The number of hydrogen-bond donors (Lipinski definition) is 1. The minimum Gasteiger partial charge on any atom is -0.495 e. The van der Waals surface area contributed by atoms with Crippen molar-refractivity contribution < 1.29 is 14.3 Å². The molecule has 2 N–H and O–H groups in total. The van der Waals surface area contributed by atoms with Crippen LogP contribution in [0.4, 0.5) is 11.4 Å². The molecule has 0 saturated carbocycles. The first-order chi connectivity index (χ1) is 7.63. The molecule has 5 nitrogen and oxygen atoms in total. The van der Waals surface area contributed by atoms with Gasteiger partial charge in [0.15, 0.2) is 0 Å². The molecule has 82 valence electrons. The molecule has 1 aromatic carbocycles. The first-order valence-corrected chi connectivity index (χ1v) is 4.63. The zero-order valence-corrected chi connectivity index (χ0v) is 8.64. The van der Waals surface area contributed by atoms with Crippen molar-refractivity contribution in [2.75, 3.05) is 17.7 Å². The fourth-order valence-corrected chi connectivity index (χ4v) is 1.52. The smallest absolute Gasteiger partial charge is 0.258 e. The maximum absolute atomic E-state index is 11.4. The Labute approximate surface area is 92.1 Å². The van der Waals surface area contributed by atoms with Gasteiger partial charge in [0, 0.05) is 12.2 Å². The third kappa shape index (κ3) is 1.52. The van der Waals surface area contributed by atoms with Gasteiger partial charge in [-0.2, -0.15) is 0 Å². The maximum Gasteiger partial charge on any atom is 0.258 e. The largest absolute Gasteiger partial charge is 0.495 e. The number of anilines is 2. The molecule has 0 aromatic heterocycles. The first-order valence-electron chi connectivity index (χ1n) is 4.63. The standard InChI is InChI=1S/C11H10N2O3/c1-16-9-3-2-7(6-8(9)12)13-10(14)4-5-11(13)15/h2-6H,12H2,1H3. The number of carbonyl (C=O) groups is 2. The van der Waals surface area contributed by atoms with Crippen LogP contribution in [-0.4, -0.2) is 18.9 Å². The lowest BCUT2D eigenvalue weighted by Gasteiger charge is -2.15. The van der Waals surface area contributed by atoms with Crippen molar-refractivity contribution in [3.8, 4) is 5.75 Å². The molecule has 1 aliphatic rings. The second kappa shape index (κ2) is 3.69. The molecular weight excluding hydrogens is 208 g/mol. The highest BCUT2D eigenvalue weighted by molar-refractivity contribution is 6.28. The van der Waals surface area contributed by atoms with Crippen LogP contribution in [0, 0.1) is 0 Å². The topological polar surface area (TPSA) is 72.6 Å². The van der Waals surface area contributed by atoms with Crippen molar-refractivity contribution in [2.45, 2.75) is 0 Å². The summed E-state index contributed by atoms with van der Waals surface area (Å²) in [5.74, 6) is -0.222. The molecular formula is C11H10N2O3. The summed E-state index contributed by atoms with van der Waals surface area (Å²) < 4.78 is 4.99. The summed E-state index contributed by atoms with van der Waals surface area (Å²) in [5, 5.41) is 0. The number of rotatable bonds is 2. The van der Waals surface area contributed by atoms with Crippen LogP contribution in [0.5, 0.6) is 5.75 Å². The van der Waals surface area contributed by atoms with Gasteiger partial charge in [-0.1, -0.05) is 0 Å². The van der Waals surface area contributed by atoms with E-state index < -0.39 is 0 Å². The second-order valence-corrected chi connectivity index (χ2v) is 3.27. The first kappa shape index (κ1) is 10.2. The van der Waals surface area contributed by atoms with E-state index in [0.29, 0.717) is 17.1 Å². The average Bonchev–Trinajstić information content (AvgIpc) is 2.58. The van der Waals surface area contributed by atoms with Gasteiger partial charge >= 0.3 is 0 Å². The van der Waals surface area contributed by atoms with Gasteiger partial charge in [-0.05, 0) is 18.2 Å². The summed E-state index contributed by atoms with van der Waals surface area (Å²) in [6.07, 6.45) is 2.45. The molecule has 0 radical (unpaired) electrons. The van der Waals surface area contributed by atoms with Crippen molar-refractivity contribution in [3.05, 3.63) is 30.4 Å². The van der Waals surface area contributed by atoms with Crippen molar-refractivity contribution in [3.63, 3.8) is 0 Å². The lowest BCUT2D eigenvalue weighted by Crippen LogP contribution is -2.29. The minimum absolute atomic E-state index is 0.366. The Bertz CT molecular complexity index is 476. The molecule has 0 fully saturated rings. The van der Waals surface area contributed by atoms with Crippen LogP contribution in [0.25, 0.3) is 0 Å². The SMILES string of the molecule is COc1ccc(N2C(=O)C=CC2=O)cc1N. The van der Waals surface area contributed by atoms with Crippen LogP contribution >= 0.6 is 0 Å². The van der Waals surface area contributed by atoms with E-state index in [0.717, 1.165) is 4.90 Å². The number of nitrogen functional groups attached to an aromatic ring is 1. The van der Waals surface area contributed by atoms with Gasteiger partial charge in [0.1, 0.15) is 5.75 Å². The highest BCUT2D eigenvalue weighted by atomic mass is 16.5. The predicted octanol–water partition coefficient (Wildman–Crippen LogP) is 0.707. The summed E-state index contributed by atoms with van der Waals surface area (Å²) >= 11 is 0. The molecule has 0 saturated heterocycles. The summed E-state index contributed by atoms with van der Waals surface area (Å²) in [4.78, 5) is 23.8. The average molecular weight is 218 g/mol. The Kier molecular flexibility index (Phi) is 2.36. The Hall–Kier alpha value is -2.30. The Balaban J connectivity index is 2.39. The monoisotopic (exact) mass is 218 g/mol. The van der Waals surface area contributed by atoms with Crippen LogP contribution in [0.1, 0.15) is 0 Å². The zero-order chi connectivity index (χ0) is 11.7.